The van der Waals surface area contributed by atoms with Gasteiger partial charge in [0.15, 0.2) is 0 Å². The van der Waals surface area contributed by atoms with Gasteiger partial charge in [-0.25, -0.2) is 4.79 Å². The van der Waals surface area contributed by atoms with Gasteiger partial charge in [0.05, 0.1) is 0 Å². The molecule has 0 aliphatic rings. The molecule has 0 radical (unpaired) electrons. The molecule has 0 unspecified atom stereocenters. The van der Waals surface area contributed by atoms with E-state index in [0.29, 0.717) is 18.5 Å². The quantitative estimate of drug-likeness (QED) is 0.737. The number of phenolic OH excluding ortho intramolecular Hbond substituents is 1. The predicted molar refractivity (Wildman–Crippen MR) is 79.8 cm³/mol. The third-order valence-electron chi connectivity index (χ3n) is 3.21. The van der Waals surface area contributed by atoms with Crippen molar-refractivity contribution in [1.29, 1.82) is 0 Å². The molecule has 3 N–H and O–H groups in total. The van der Waals surface area contributed by atoms with E-state index in [1.807, 2.05) is 6.07 Å². The van der Waals surface area contributed by atoms with Gasteiger partial charge in [-0.1, -0.05) is 12.1 Å². The van der Waals surface area contributed by atoms with Gasteiger partial charge in [0.2, 0.25) is 0 Å². The molecular formula is C16H15NO4. The molecule has 0 heterocycles. The second-order valence-electron chi connectivity index (χ2n) is 4.64. The lowest BCUT2D eigenvalue weighted by Gasteiger charge is -2.06. The molecule has 0 bridgehead atoms. The highest BCUT2D eigenvalue weighted by Gasteiger charge is 2.09. The molecule has 0 saturated heterocycles. The summed E-state index contributed by atoms with van der Waals surface area (Å²) < 4.78 is 0. The van der Waals surface area contributed by atoms with Gasteiger partial charge in [-0.05, 0) is 55.0 Å². The smallest absolute Gasteiger partial charge is 0.339 e. The van der Waals surface area contributed by atoms with E-state index < -0.39 is 5.97 Å². The van der Waals surface area contributed by atoms with E-state index in [2.05, 4.69) is 11.7 Å². The zero-order chi connectivity index (χ0) is 15.4. The molecule has 2 aromatic rings. The summed E-state index contributed by atoms with van der Waals surface area (Å²) in [5.41, 5.74) is 2.06. The first-order valence-electron chi connectivity index (χ1n) is 6.35. The number of carboxylic acids is 1. The summed E-state index contributed by atoms with van der Waals surface area (Å²) in [6.45, 7) is 3.36. The van der Waals surface area contributed by atoms with Crippen LogP contribution in [-0.2, 0) is 12.8 Å². The summed E-state index contributed by atoms with van der Waals surface area (Å²) in [6.07, 6.45) is 1.27. The summed E-state index contributed by atoms with van der Waals surface area (Å²) in [5, 5.41) is 28.2. The molecule has 0 amide bonds. The number of nitrogens with zero attached hydrogens (tertiary/aromatic N) is 1. The zero-order valence-electron chi connectivity index (χ0n) is 11.3. The molecule has 21 heavy (non-hydrogen) atoms. The van der Waals surface area contributed by atoms with E-state index in [1.54, 1.807) is 18.2 Å². The van der Waals surface area contributed by atoms with Gasteiger partial charge in [-0.3, -0.25) is 4.99 Å². The van der Waals surface area contributed by atoms with Crippen LogP contribution in [0.2, 0.25) is 0 Å². The van der Waals surface area contributed by atoms with Crippen LogP contribution in [0, 0.1) is 0 Å². The average Bonchev–Trinajstić information content (AvgIpc) is 2.45. The van der Waals surface area contributed by atoms with E-state index in [-0.39, 0.29) is 17.1 Å². The number of aromatic carboxylic acids is 1. The maximum absolute atomic E-state index is 10.8. The third kappa shape index (κ3) is 3.39. The number of hydrogen-bond donors (Lipinski definition) is 3. The standard InChI is InChI=1S/C16H15NO4/c1-17-13-7-5-11(9-15(13)19)3-2-10-4-6-12(16(20)21)14(18)8-10/h4-9,18-19H,1-3H2,(H,20,21). The number of aromatic hydroxyl groups is 2. The first-order chi connectivity index (χ1) is 10.0. The minimum atomic E-state index is -1.16. The van der Waals surface area contributed by atoms with Crippen molar-refractivity contribution in [2.75, 3.05) is 0 Å². The highest BCUT2D eigenvalue weighted by Crippen LogP contribution is 2.27. The van der Waals surface area contributed by atoms with Crippen molar-refractivity contribution >= 4 is 18.4 Å². The number of carbonyl (C=O) groups is 1. The van der Waals surface area contributed by atoms with Crippen molar-refractivity contribution in [2.24, 2.45) is 4.99 Å². The van der Waals surface area contributed by atoms with Crippen molar-refractivity contribution < 1.29 is 20.1 Å². The number of benzene rings is 2. The van der Waals surface area contributed by atoms with Crippen LogP contribution in [-0.4, -0.2) is 28.0 Å². The molecule has 0 aromatic heterocycles. The molecule has 2 aromatic carbocycles. The minimum Gasteiger partial charge on any atom is -0.507 e. The fourth-order valence-corrected chi connectivity index (χ4v) is 2.06. The van der Waals surface area contributed by atoms with Gasteiger partial charge in [0, 0.05) is 0 Å². The van der Waals surface area contributed by atoms with Gasteiger partial charge in [0.25, 0.3) is 0 Å². The van der Waals surface area contributed by atoms with Crippen molar-refractivity contribution in [3.05, 3.63) is 53.1 Å². The molecule has 5 nitrogen and oxygen atoms in total. The lowest BCUT2D eigenvalue weighted by atomic mass is 10.0. The van der Waals surface area contributed by atoms with Crippen LogP contribution in [0.4, 0.5) is 5.69 Å². The number of aliphatic imine (C=N–C) groups is 1. The Labute approximate surface area is 121 Å². The summed E-state index contributed by atoms with van der Waals surface area (Å²) in [4.78, 5) is 14.5. The number of rotatable bonds is 5. The Morgan fingerprint density at radius 2 is 1.57 bits per heavy atom. The van der Waals surface area contributed by atoms with E-state index in [4.69, 9.17) is 5.11 Å². The Kier molecular flexibility index (Phi) is 4.23. The fraction of sp³-hybridized carbons (Fsp3) is 0.125. The van der Waals surface area contributed by atoms with Crippen LogP contribution < -0.4 is 0 Å². The van der Waals surface area contributed by atoms with Crippen molar-refractivity contribution in [2.45, 2.75) is 12.8 Å². The number of phenols is 2. The molecule has 0 aliphatic carbocycles. The van der Waals surface area contributed by atoms with Gasteiger partial charge in [-0.15, -0.1) is 0 Å². The largest absolute Gasteiger partial charge is 0.507 e. The topological polar surface area (TPSA) is 90.1 Å². The summed E-state index contributed by atoms with van der Waals surface area (Å²) in [5.74, 6) is -1.32. The van der Waals surface area contributed by atoms with Crippen LogP contribution in [0.25, 0.3) is 0 Å². The second-order valence-corrected chi connectivity index (χ2v) is 4.64. The van der Waals surface area contributed by atoms with E-state index in [0.717, 1.165) is 11.1 Å². The molecule has 108 valence electrons. The Balaban J connectivity index is 2.09. The van der Waals surface area contributed by atoms with Crippen LogP contribution >= 0.6 is 0 Å². The SMILES string of the molecule is C=Nc1ccc(CCc2ccc(C(=O)O)c(O)c2)cc1O. The lowest BCUT2D eigenvalue weighted by molar-refractivity contribution is 0.0693. The zero-order valence-corrected chi connectivity index (χ0v) is 11.3. The predicted octanol–water partition coefficient (Wildman–Crippen LogP) is 2.91. The normalized spacial score (nSPS) is 10.3. The Morgan fingerprint density at radius 1 is 1.00 bits per heavy atom. The first-order valence-corrected chi connectivity index (χ1v) is 6.35. The van der Waals surface area contributed by atoms with Gasteiger partial charge >= 0.3 is 5.97 Å². The highest BCUT2D eigenvalue weighted by atomic mass is 16.4. The highest BCUT2D eigenvalue weighted by molar-refractivity contribution is 5.90. The lowest BCUT2D eigenvalue weighted by Crippen LogP contribution is -1.98. The Bertz CT molecular complexity index is 695. The van der Waals surface area contributed by atoms with E-state index in [9.17, 15) is 15.0 Å². The van der Waals surface area contributed by atoms with Gasteiger partial charge < -0.3 is 15.3 Å². The fourth-order valence-electron chi connectivity index (χ4n) is 2.06. The van der Waals surface area contributed by atoms with E-state index in [1.165, 1.54) is 12.1 Å². The van der Waals surface area contributed by atoms with Crippen molar-refractivity contribution in [3.8, 4) is 11.5 Å². The van der Waals surface area contributed by atoms with Crippen LogP contribution in [0.1, 0.15) is 21.5 Å². The number of aryl methyl sites for hydroxylation is 2. The average molecular weight is 285 g/mol. The minimum absolute atomic E-state index is 0.0755. The van der Waals surface area contributed by atoms with Crippen molar-refractivity contribution in [1.82, 2.24) is 0 Å². The van der Waals surface area contributed by atoms with Crippen LogP contribution in [0.15, 0.2) is 41.4 Å². The molecule has 0 fully saturated rings. The maximum atomic E-state index is 10.8. The summed E-state index contributed by atoms with van der Waals surface area (Å²) in [7, 11) is 0. The van der Waals surface area contributed by atoms with Crippen molar-refractivity contribution in [3.63, 3.8) is 0 Å². The monoisotopic (exact) mass is 285 g/mol. The number of carboxylic acid groups (broad SMARTS) is 1. The first kappa shape index (κ1) is 14.6. The molecule has 0 spiro atoms. The summed E-state index contributed by atoms with van der Waals surface area (Å²) in [6, 6.07) is 9.65. The third-order valence-corrected chi connectivity index (χ3v) is 3.21. The maximum Gasteiger partial charge on any atom is 0.339 e. The van der Waals surface area contributed by atoms with Crippen LogP contribution in [0.5, 0.6) is 11.5 Å². The Hall–Kier alpha value is -2.82. The van der Waals surface area contributed by atoms with Crippen LogP contribution in [0.3, 0.4) is 0 Å². The van der Waals surface area contributed by atoms with E-state index >= 15 is 0 Å². The molecule has 0 saturated carbocycles. The second kappa shape index (κ2) is 6.09. The molecule has 0 aliphatic heterocycles. The van der Waals surface area contributed by atoms with Gasteiger partial charge in [-0.2, -0.15) is 0 Å². The molecule has 5 heteroatoms. The van der Waals surface area contributed by atoms with Gasteiger partial charge in [0.1, 0.15) is 22.7 Å². The molecule has 2 rings (SSSR count). The molecular weight excluding hydrogens is 270 g/mol. The number of hydrogen-bond acceptors (Lipinski definition) is 4. The summed E-state index contributed by atoms with van der Waals surface area (Å²) >= 11 is 0. The molecule has 0 atom stereocenters. The Morgan fingerprint density at radius 3 is 2.05 bits per heavy atom.